The molecule has 0 heterocycles. The van der Waals surface area contributed by atoms with Crippen LogP contribution < -0.4 is 16.0 Å². The van der Waals surface area contributed by atoms with Crippen molar-refractivity contribution >= 4 is 52.0 Å². The van der Waals surface area contributed by atoms with Gasteiger partial charge in [0, 0.05) is 30.1 Å². The van der Waals surface area contributed by atoms with Crippen LogP contribution in [0.2, 0.25) is 0 Å². The number of nitrogens with one attached hydrogen (secondary N) is 3. The molecule has 0 saturated heterocycles. The molecule has 8 heteroatoms. The van der Waals surface area contributed by atoms with Gasteiger partial charge in [-0.15, -0.1) is 24.0 Å². The number of benzene rings is 1. The number of rotatable bonds is 4. The molecule has 1 fully saturated rings. The zero-order chi connectivity index (χ0) is 19.9. The van der Waals surface area contributed by atoms with Gasteiger partial charge < -0.3 is 20.7 Å². The van der Waals surface area contributed by atoms with Gasteiger partial charge in [-0.2, -0.15) is 0 Å². The van der Waals surface area contributed by atoms with Gasteiger partial charge in [-0.1, -0.05) is 28.1 Å². The number of amides is 1. The Morgan fingerprint density at radius 3 is 2.14 bits per heavy atom. The monoisotopic (exact) mass is 566 g/mol. The number of halogens is 2. The highest BCUT2D eigenvalue weighted by molar-refractivity contribution is 14.0. The lowest BCUT2D eigenvalue weighted by Gasteiger charge is -2.31. The molecule has 0 atom stereocenters. The lowest BCUT2D eigenvalue weighted by Crippen LogP contribution is -2.47. The predicted molar refractivity (Wildman–Crippen MR) is 128 cm³/mol. The fourth-order valence-corrected chi connectivity index (χ4v) is 3.30. The van der Waals surface area contributed by atoms with E-state index in [1.165, 1.54) is 5.56 Å². The molecular formula is C20H32BrIN4O2. The normalized spacial score (nSPS) is 20.0. The summed E-state index contributed by atoms with van der Waals surface area (Å²) in [5.74, 6) is 0.807. The first-order valence-corrected chi connectivity index (χ1v) is 10.3. The highest BCUT2D eigenvalue weighted by Gasteiger charge is 2.25. The van der Waals surface area contributed by atoms with Crippen LogP contribution in [0.5, 0.6) is 0 Å². The summed E-state index contributed by atoms with van der Waals surface area (Å²) in [6.07, 6.45) is 3.51. The standard InChI is InChI=1S/C20H31BrN4O2.HI/c1-20(2,3)27-19(26)25-17-11-9-16(10-12-17)24-18(22-4)23-13-14-5-7-15(21)8-6-14;/h5-8,16-17H,9-13H2,1-4H3,(H,25,26)(H2,22,23,24);1H. The van der Waals surface area contributed by atoms with Crippen molar-refractivity contribution in [2.24, 2.45) is 4.99 Å². The third-order valence-electron chi connectivity index (χ3n) is 4.39. The molecular weight excluding hydrogens is 535 g/mol. The van der Waals surface area contributed by atoms with Crippen molar-refractivity contribution < 1.29 is 9.53 Å². The zero-order valence-electron chi connectivity index (χ0n) is 17.0. The van der Waals surface area contributed by atoms with Crippen molar-refractivity contribution in [3.8, 4) is 0 Å². The first-order chi connectivity index (χ1) is 12.7. The van der Waals surface area contributed by atoms with Gasteiger partial charge in [-0.25, -0.2) is 4.79 Å². The summed E-state index contributed by atoms with van der Waals surface area (Å²) in [5, 5.41) is 9.82. The average Bonchev–Trinajstić information content (AvgIpc) is 2.60. The molecule has 1 aliphatic rings. The summed E-state index contributed by atoms with van der Waals surface area (Å²) in [6, 6.07) is 8.77. The van der Waals surface area contributed by atoms with E-state index in [4.69, 9.17) is 4.74 Å². The Balaban J connectivity index is 0.00000392. The molecule has 158 valence electrons. The smallest absolute Gasteiger partial charge is 0.407 e. The maximum absolute atomic E-state index is 11.9. The molecule has 1 aromatic rings. The summed E-state index contributed by atoms with van der Waals surface area (Å²) in [7, 11) is 1.78. The van der Waals surface area contributed by atoms with E-state index >= 15 is 0 Å². The molecule has 0 unspecified atom stereocenters. The first-order valence-electron chi connectivity index (χ1n) is 9.46. The maximum Gasteiger partial charge on any atom is 0.407 e. The van der Waals surface area contributed by atoms with Crippen LogP contribution in [0.4, 0.5) is 4.79 Å². The van der Waals surface area contributed by atoms with Crippen molar-refractivity contribution in [1.29, 1.82) is 0 Å². The minimum Gasteiger partial charge on any atom is -0.444 e. The Morgan fingerprint density at radius 1 is 1.11 bits per heavy atom. The van der Waals surface area contributed by atoms with Gasteiger partial charge in [0.15, 0.2) is 5.96 Å². The third-order valence-corrected chi connectivity index (χ3v) is 4.91. The molecule has 6 nitrogen and oxygen atoms in total. The second-order valence-corrected chi connectivity index (χ2v) is 8.81. The average molecular weight is 567 g/mol. The van der Waals surface area contributed by atoms with Gasteiger partial charge in [0.2, 0.25) is 0 Å². The fraction of sp³-hybridized carbons (Fsp3) is 0.600. The number of hydrogen-bond acceptors (Lipinski definition) is 3. The van der Waals surface area contributed by atoms with Crippen LogP contribution in [0, 0.1) is 0 Å². The molecule has 1 saturated carbocycles. The van der Waals surface area contributed by atoms with E-state index in [0.29, 0.717) is 6.04 Å². The van der Waals surface area contributed by atoms with E-state index < -0.39 is 5.60 Å². The molecule has 0 aromatic heterocycles. The highest BCUT2D eigenvalue weighted by Crippen LogP contribution is 2.19. The summed E-state index contributed by atoms with van der Waals surface area (Å²) >= 11 is 3.45. The minimum atomic E-state index is -0.462. The molecule has 0 spiro atoms. The Hall–Kier alpha value is -1.03. The van der Waals surface area contributed by atoms with E-state index in [2.05, 4.69) is 49.0 Å². The fourth-order valence-electron chi connectivity index (χ4n) is 3.03. The Morgan fingerprint density at radius 2 is 1.64 bits per heavy atom. The van der Waals surface area contributed by atoms with Gasteiger partial charge >= 0.3 is 6.09 Å². The Bertz CT molecular complexity index is 639. The predicted octanol–water partition coefficient (Wildman–Crippen LogP) is 4.57. The van der Waals surface area contributed by atoms with Gasteiger partial charge in [0.05, 0.1) is 0 Å². The number of ether oxygens (including phenoxy) is 1. The third kappa shape index (κ3) is 9.45. The van der Waals surface area contributed by atoms with Crippen molar-refractivity contribution in [3.63, 3.8) is 0 Å². The van der Waals surface area contributed by atoms with Crippen molar-refractivity contribution in [2.45, 2.75) is 70.7 Å². The molecule has 2 rings (SSSR count). The van der Waals surface area contributed by atoms with Crippen LogP contribution in [0.3, 0.4) is 0 Å². The number of nitrogens with zero attached hydrogens (tertiary/aromatic N) is 1. The van der Waals surface area contributed by atoms with Gasteiger partial charge in [-0.05, 0) is 64.2 Å². The van der Waals surface area contributed by atoms with Crippen LogP contribution in [-0.4, -0.2) is 36.8 Å². The van der Waals surface area contributed by atoms with Crippen LogP contribution in [0.1, 0.15) is 52.0 Å². The zero-order valence-corrected chi connectivity index (χ0v) is 21.0. The first kappa shape index (κ1) is 25.0. The summed E-state index contributed by atoms with van der Waals surface area (Å²) in [6.45, 7) is 6.35. The van der Waals surface area contributed by atoms with E-state index in [1.807, 2.05) is 32.9 Å². The number of alkyl carbamates (subject to hydrolysis) is 1. The number of hydrogen-bond donors (Lipinski definition) is 3. The van der Waals surface area contributed by atoms with E-state index in [1.54, 1.807) is 7.05 Å². The number of guanidine groups is 1. The maximum atomic E-state index is 11.9. The van der Waals surface area contributed by atoms with E-state index in [9.17, 15) is 4.79 Å². The highest BCUT2D eigenvalue weighted by atomic mass is 127. The van der Waals surface area contributed by atoms with Crippen LogP contribution in [0.25, 0.3) is 0 Å². The van der Waals surface area contributed by atoms with Gasteiger partial charge in [-0.3, -0.25) is 4.99 Å². The van der Waals surface area contributed by atoms with Gasteiger partial charge in [0.1, 0.15) is 5.60 Å². The SMILES string of the molecule is CN=C(NCc1ccc(Br)cc1)NC1CCC(NC(=O)OC(C)(C)C)CC1.I. The Labute approximate surface area is 193 Å². The molecule has 28 heavy (non-hydrogen) atoms. The van der Waals surface area contributed by atoms with E-state index in [0.717, 1.165) is 42.7 Å². The lowest BCUT2D eigenvalue weighted by atomic mass is 9.91. The summed E-state index contributed by atoms with van der Waals surface area (Å²) in [4.78, 5) is 16.2. The topological polar surface area (TPSA) is 74.8 Å². The quantitative estimate of drug-likeness (QED) is 0.283. The van der Waals surface area contributed by atoms with Crippen molar-refractivity contribution in [3.05, 3.63) is 34.3 Å². The molecule has 0 bridgehead atoms. The Kier molecular flexibility index (Phi) is 10.6. The van der Waals surface area contributed by atoms with Crippen LogP contribution in [-0.2, 0) is 11.3 Å². The van der Waals surface area contributed by atoms with Crippen molar-refractivity contribution in [2.75, 3.05) is 7.05 Å². The van der Waals surface area contributed by atoms with Crippen LogP contribution >= 0.6 is 39.9 Å². The molecule has 0 radical (unpaired) electrons. The molecule has 0 aliphatic heterocycles. The van der Waals surface area contributed by atoms with Crippen molar-refractivity contribution in [1.82, 2.24) is 16.0 Å². The minimum absolute atomic E-state index is 0. The molecule has 1 aromatic carbocycles. The van der Waals surface area contributed by atoms with Crippen LogP contribution in [0.15, 0.2) is 33.7 Å². The summed E-state index contributed by atoms with van der Waals surface area (Å²) < 4.78 is 6.41. The van der Waals surface area contributed by atoms with Gasteiger partial charge in [0.25, 0.3) is 0 Å². The second-order valence-electron chi connectivity index (χ2n) is 7.89. The largest absolute Gasteiger partial charge is 0.444 e. The molecule has 3 N–H and O–H groups in total. The molecule has 1 amide bonds. The number of carbonyl (C=O) groups excluding carboxylic acids is 1. The number of carbonyl (C=O) groups is 1. The van der Waals surface area contributed by atoms with E-state index in [-0.39, 0.29) is 36.1 Å². The lowest BCUT2D eigenvalue weighted by molar-refractivity contribution is 0.0490. The second kappa shape index (κ2) is 11.8. The number of aliphatic imine (C=N–C) groups is 1. The molecule has 1 aliphatic carbocycles. The summed E-state index contributed by atoms with van der Waals surface area (Å²) in [5.41, 5.74) is 0.738.